The summed E-state index contributed by atoms with van der Waals surface area (Å²) in [5.74, 6) is 0.706. The molecule has 1 fully saturated rings. The average Bonchev–Trinajstić information content (AvgIpc) is 3.42. The fraction of sp³-hybridized carbons (Fsp3) is 0.136. The molecule has 5 aromatic carbocycles. The lowest BCUT2D eigenvalue weighted by Gasteiger charge is -2.32. The first kappa shape index (κ1) is 33.7. The SMILES string of the molecule is CC1(C)OB(c2ccc(-c3ccc(-c4cc(-c5ccc(-c6ccccc6)cc5)nc(-c5ccccc5)n4)cc3)cc2)OC1(C)C.c1cncnc1. The van der Waals surface area contributed by atoms with E-state index in [1.165, 1.54) is 17.5 Å². The monoisotopic (exact) mass is 666 g/mol. The zero-order valence-electron chi connectivity index (χ0n) is 29.3. The van der Waals surface area contributed by atoms with Crippen LogP contribution in [0.15, 0.2) is 164 Å². The summed E-state index contributed by atoms with van der Waals surface area (Å²) in [6.07, 6.45) is 4.88. The first-order valence-electron chi connectivity index (χ1n) is 17.1. The molecule has 7 heteroatoms. The quantitative estimate of drug-likeness (QED) is 0.165. The Bertz CT molecular complexity index is 2130. The summed E-state index contributed by atoms with van der Waals surface area (Å²) in [6.45, 7) is 8.31. The van der Waals surface area contributed by atoms with Crippen molar-refractivity contribution in [2.75, 3.05) is 0 Å². The summed E-state index contributed by atoms with van der Waals surface area (Å²) in [5.41, 5.74) is 9.78. The van der Waals surface area contributed by atoms with Crippen LogP contribution >= 0.6 is 0 Å². The molecule has 51 heavy (non-hydrogen) atoms. The Morgan fingerprint density at radius 1 is 0.431 bits per heavy atom. The van der Waals surface area contributed by atoms with E-state index in [1.54, 1.807) is 18.5 Å². The Morgan fingerprint density at radius 3 is 1.24 bits per heavy atom. The van der Waals surface area contributed by atoms with Crippen molar-refractivity contribution in [3.63, 3.8) is 0 Å². The Labute approximate surface area is 300 Å². The van der Waals surface area contributed by atoms with E-state index >= 15 is 0 Å². The molecule has 3 heterocycles. The maximum Gasteiger partial charge on any atom is 0.494 e. The van der Waals surface area contributed by atoms with E-state index in [9.17, 15) is 0 Å². The van der Waals surface area contributed by atoms with Crippen LogP contribution in [-0.4, -0.2) is 38.3 Å². The summed E-state index contributed by atoms with van der Waals surface area (Å²) in [5, 5.41) is 0. The van der Waals surface area contributed by atoms with Gasteiger partial charge in [0.25, 0.3) is 0 Å². The molecule has 6 nitrogen and oxygen atoms in total. The van der Waals surface area contributed by atoms with E-state index in [1.807, 2.05) is 24.3 Å². The second kappa shape index (κ2) is 14.6. The predicted octanol–water partition coefficient (Wildman–Crippen LogP) is 9.59. The molecule has 250 valence electrons. The molecule has 1 aliphatic rings. The van der Waals surface area contributed by atoms with Crippen LogP contribution in [0.25, 0.3) is 56.2 Å². The van der Waals surface area contributed by atoms with Gasteiger partial charge in [0.15, 0.2) is 5.82 Å². The highest BCUT2D eigenvalue weighted by atomic mass is 16.7. The molecule has 1 saturated heterocycles. The standard InChI is InChI=1S/C40H35BN2O2.C4H4N2/c1-39(2)40(3,4)45-41(44-39)35-25-23-31(24-26-35)30-17-21-33(22-18-30)37-27-36(42-38(43-37)34-13-9-6-10-14-34)32-19-15-29(16-20-32)28-11-7-5-8-12-28;1-2-5-4-6-3-1/h5-27H,1-4H3;1-4H. The normalized spacial score (nSPS) is 14.4. The van der Waals surface area contributed by atoms with Gasteiger partial charge in [-0.2, -0.15) is 0 Å². The van der Waals surface area contributed by atoms with Gasteiger partial charge in [0, 0.05) is 29.1 Å². The smallest absolute Gasteiger partial charge is 0.399 e. The topological polar surface area (TPSA) is 70.0 Å². The van der Waals surface area contributed by atoms with E-state index in [0.717, 1.165) is 44.7 Å². The van der Waals surface area contributed by atoms with Crippen LogP contribution in [0.2, 0.25) is 0 Å². The minimum absolute atomic E-state index is 0.362. The molecule has 0 N–H and O–H groups in total. The molecule has 8 rings (SSSR count). The van der Waals surface area contributed by atoms with Gasteiger partial charge in [-0.25, -0.2) is 19.9 Å². The van der Waals surface area contributed by atoms with Gasteiger partial charge in [0.1, 0.15) is 6.33 Å². The van der Waals surface area contributed by atoms with Crippen LogP contribution < -0.4 is 5.46 Å². The van der Waals surface area contributed by atoms with Crippen molar-refractivity contribution in [1.29, 1.82) is 0 Å². The summed E-state index contributed by atoms with van der Waals surface area (Å²) in [6, 6.07) is 50.0. The highest BCUT2D eigenvalue weighted by Gasteiger charge is 2.51. The molecule has 2 aromatic heterocycles. The van der Waals surface area contributed by atoms with Crippen LogP contribution in [0.1, 0.15) is 27.7 Å². The largest absolute Gasteiger partial charge is 0.494 e. The highest BCUT2D eigenvalue weighted by Crippen LogP contribution is 2.37. The van der Waals surface area contributed by atoms with E-state index in [4.69, 9.17) is 19.3 Å². The van der Waals surface area contributed by atoms with Crippen molar-refractivity contribution in [2.24, 2.45) is 0 Å². The van der Waals surface area contributed by atoms with Gasteiger partial charge in [0.2, 0.25) is 0 Å². The predicted molar refractivity (Wildman–Crippen MR) is 207 cm³/mol. The number of hydrogen-bond acceptors (Lipinski definition) is 6. The second-order valence-corrected chi connectivity index (χ2v) is 13.5. The number of nitrogens with zero attached hydrogens (tertiary/aromatic N) is 4. The maximum absolute atomic E-state index is 6.24. The van der Waals surface area contributed by atoms with Crippen molar-refractivity contribution in [2.45, 2.75) is 38.9 Å². The van der Waals surface area contributed by atoms with Gasteiger partial charge in [0.05, 0.1) is 22.6 Å². The molecular formula is C44H39BN4O2. The van der Waals surface area contributed by atoms with Crippen LogP contribution in [0.5, 0.6) is 0 Å². The van der Waals surface area contributed by atoms with Gasteiger partial charge in [-0.1, -0.05) is 133 Å². The molecule has 0 radical (unpaired) electrons. The van der Waals surface area contributed by atoms with Crippen molar-refractivity contribution in [3.05, 3.63) is 164 Å². The third-order valence-corrected chi connectivity index (χ3v) is 9.47. The van der Waals surface area contributed by atoms with E-state index < -0.39 is 0 Å². The van der Waals surface area contributed by atoms with Crippen molar-refractivity contribution < 1.29 is 9.31 Å². The Balaban J connectivity index is 0.000000615. The lowest BCUT2D eigenvalue weighted by atomic mass is 9.78. The van der Waals surface area contributed by atoms with E-state index in [2.05, 4.69) is 153 Å². The number of hydrogen-bond donors (Lipinski definition) is 0. The van der Waals surface area contributed by atoms with E-state index in [-0.39, 0.29) is 18.3 Å². The molecule has 0 unspecified atom stereocenters. The molecule has 0 bridgehead atoms. The zero-order valence-corrected chi connectivity index (χ0v) is 29.3. The maximum atomic E-state index is 6.24. The highest BCUT2D eigenvalue weighted by molar-refractivity contribution is 6.62. The summed E-state index contributed by atoms with van der Waals surface area (Å²) >= 11 is 0. The van der Waals surface area contributed by atoms with Crippen LogP contribution in [0.4, 0.5) is 0 Å². The Hall–Kier alpha value is -5.76. The second-order valence-electron chi connectivity index (χ2n) is 13.5. The molecule has 1 aliphatic heterocycles. The summed E-state index contributed by atoms with van der Waals surface area (Å²) < 4.78 is 12.5. The fourth-order valence-corrected chi connectivity index (χ4v) is 5.82. The molecule has 0 amide bonds. The fourth-order valence-electron chi connectivity index (χ4n) is 5.82. The first-order valence-corrected chi connectivity index (χ1v) is 17.1. The molecule has 0 saturated carbocycles. The minimum atomic E-state index is -0.369. The van der Waals surface area contributed by atoms with Crippen molar-refractivity contribution in [3.8, 4) is 56.2 Å². The van der Waals surface area contributed by atoms with Crippen LogP contribution in [-0.2, 0) is 9.31 Å². The lowest BCUT2D eigenvalue weighted by molar-refractivity contribution is 0.00578. The van der Waals surface area contributed by atoms with Crippen molar-refractivity contribution in [1.82, 2.24) is 19.9 Å². The van der Waals surface area contributed by atoms with Crippen molar-refractivity contribution >= 4 is 12.6 Å². The number of rotatable bonds is 6. The van der Waals surface area contributed by atoms with Gasteiger partial charge in [-0.05, 0) is 67.5 Å². The molecule has 7 aromatic rings. The average molecular weight is 667 g/mol. The summed E-state index contributed by atoms with van der Waals surface area (Å²) in [4.78, 5) is 17.3. The molecule has 0 spiro atoms. The molecule has 0 aliphatic carbocycles. The number of aromatic nitrogens is 4. The third-order valence-electron chi connectivity index (χ3n) is 9.47. The number of benzene rings is 5. The van der Waals surface area contributed by atoms with Gasteiger partial charge in [-0.15, -0.1) is 0 Å². The Morgan fingerprint density at radius 2 is 0.824 bits per heavy atom. The van der Waals surface area contributed by atoms with Gasteiger partial charge in [-0.3, -0.25) is 0 Å². The molecule has 0 atom stereocenters. The third kappa shape index (κ3) is 7.70. The molecular weight excluding hydrogens is 627 g/mol. The lowest BCUT2D eigenvalue weighted by Crippen LogP contribution is -2.41. The van der Waals surface area contributed by atoms with Crippen LogP contribution in [0.3, 0.4) is 0 Å². The first-order chi connectivity index (χ1) is 24.8. The zero-order chi connectivity index (χ0) is 35.3. The van der Waals surface area contributed by atoms with Crippen LogP contribution in [0, 0.1) is 0 Å². The Kier molecular flexibility index (Phi) is 9.67. The van der Waals surface area contributed by atoms with E-state index in [0.29, 0.717) is 5.82 Å². The summed E-state index contributed by atoms with van der Waals surface area (Å²) in [7, 11) is -0.369. The van der Waals surface area contributed by atoms with Gasteiger partial charge < -0.3 is 9.31 Å². The minimum Gasteiger partial charge on any atom is -0.399 e. The van der Waals surface area contributed by atoms with Gasteiger partial charge >= 0.3 is 7.12 Å².